The first-order valence-electron chi connectivity index (χ1n) is 17.4. The fourth-order valence-electron chi connectivity index (χ4n) is 5.91. The fourth-order valence-corrected chi connectivity index (χ4v) is 8.10. The van der Waals surface area contributed by atoms with Gasteiger partial charge in [0.25, 0.3) is 11.8 Å². The maximum atomic E-state index is 14.5. The third-order valence-electron chi connectivity index (χ3n) is 8.67. The molecule has 2 amide bonds. The lowest BCUT2D eigenvalue weighted by Gasteiger charge is -2.18. The molecule has 290 valence electrons. The largest absolute Gasteiger partial charge is 0.480 e. The number of rotatable bonds is 12. The molecule has 0 bridgehead atoms. The van der Waals surface area contributed by atoms with Gasteiger partial charge in [0.15, 0.2) is 6.61 Å². The number of amides is 2. The number of esters is 2. The van der Waals surface area contributed by atoms with Crippen LogP contribution in [0.25, 0.3) is 0 Å². The van der Waals surface area contributed by atoms with Crippen molar-refractivity contribution in [2.45, 2.75) is 82.7 Å². The van der Waals surface area contributed by atoms with E-state index in [9.17, 15) is 32.8 Å². The number of imide groups is 1. The summed E-state index contributed by atoms with van der Waals surface area (Å²) in [4.78, 5) is 66.5. The first-order chi connectivity index (χ1) is 25.9. The van der Waals surface area contributed by atoms with Crippen molar-refractivity contribution in [3.63, 3.8) is 0 Å². The molecule has 0 saturated heterocycles. The molecule has 12 nitrogen and oxygen atoms in total. The van der Waals surface area contributed by atoms with E-state index >= 15 is 0 Å². The highest BCUT2D eigenvalue weighted by Crippen LogP contribution is 2.39. The van der Waals surface area contributed by atoms with Crippen molar-refractivity contribution < 1.29 is 42.2 Å². The van der Waals surface area contributed by atoms with Crippen LogP contribution >= 0.6 is 46.3 Å². The number of hydrogen-bond acceptors (Lipinski definition) is 11. The normalized spacial score (nSPS) is 15.4. The Morgan fingerprint density at radius 2 is 1.56 bits per heavy atom. The average Bonchev–Trinajstić information content (AvgIpc) is 3.61. The molecule has 0 N–H and O–H groups in total. The van der Waals surface area contributed by atoms with Crippen molar-refractivity contribution in [2.75, 3.05) is 31.0 Å². The number of ether oxygens (including phenoxy) is 3. The minimum atomic E-state index is -0.814. The number of fused-ring (bicyclic) bond motifs is 1. The Balaban J connectivity index is 0.000000210. The van der Waals surface area contributed by atoms with Gasteiger partial charge in [0, 0.05) is 35.2 Å². The Morgan fingerprint density at radius 3 is 2.22 bits per heavy atom. The number of halogens is 4. The van der Waals surface area contributed by atoms with Crippen LogP contribution < -0.4 is 19.3 Å². The van der Waals surface area contributed by atoms with E-state index in [0.717, 1.165) is 85.1 Å². The number of methoxy groups -OCH3 is 1. The number of unbranched alkanes of at least 4 members (excludes halogenated alkanes) is 2. The van der Waals surface area contributed by atoms with Gasteiger partial charge in [-0.05, 0) is 74.5 Å². The highest BCUT2D eigenvalue weighted by atomic mass is 35.5. The lowest BCUT2D eigenvalue weighted by Crippen LogP contribution is -2.32. The van der Waals surface area contributed by atoms with Gasteiger partial charge < -0.3 is 14.2 Å². The van der Waals surface area contributed by atoms with Crippen LogP contribution in [0, 0.1) is 11.6 Å². The molecular weight excluding hydrogens is 789 g/mol. The molecule has 3 aliphatic rings. The number of carbonyl (C=O) groups excluding carboxylic acids is 4. The van der Waals surface area contributed by atoms with Gasteiger partial charge >= 0.3 is 16.8 Å². The lowest BCUT2D eigenvalue weighted by molar-refractivity contribution is -0.146. The van der Waals surface area contributed by atoms with Gasteiger partial charge in [0.2, 0.25) is 4.80 Å². The van der Waals surface area contributed by atoms with E-state index in [0.29, 0.717) is 53.4 Å². The molecule has 3 aromatic rings. The lowest BCUT2D eigenvalue weighted by atomic mass is 9.93. The minimum Gasteiger partial charge on any atom is -0.480 e. The van der Waals surface area contributed by atoms with E-state index in [2.05, 4.69) is 9.73 Å². The topological polar surface area (TPSA) is 139 Å². The molecule has 18 heteroatoms. The molecule has 2 aromatic carbocycles. The third-order valence-corrected chi connectivity index (χ3v) is 11.3. The van der Waals surface area contributed by atoms with E-state index < -0.39 is 42.0 Å². The summed E-state index contributed by atoms with van der Waals surface area (Å²) in [5, 5.41) is 0.131. The van der Waals surface area contributed by atoms with Crippen LogP contribution in [0.15, 0.2) is 50.1 Å². The van der Waals surface area contributed by atoms with Crippen molar-refractivity contribution in [2.24, 2.45) is 4.99 Å². The summed E-state index contributed by atoms with van der Waals surface area (Å²) in [5.41, 5.74) is 0.757. The smallest absolute Gasteiger partial charge is 0.344 e. The van der Waals surface area contributed by atoms with Crippen LogP contribution in [0.3, 0.4) is 0 Å². The molecule has 3 heterocycles. The van der Waals surface area contributed by atoms with Crippen LogP contribution in [-0.2, 0) is 41.7 Å². The number of nitrogens with zero attached hydrogens (tertiary/aromatic N) is 4. The number of carbonyl (C=O) groups is 4. The molecule has 54 heavy (non-hydrogen) atoms. The molecular formula is C36H38Cl2F2N4O8S2. The molecule has 0 atom stereocenters. The summed E-state index contributed by atoms with van der Waals surface area (Å²) in [5.74, 6) is -3.33. The van der Waals surface area contributed by atoms with Crippen LogP contribution in [-0.4, -0.2) is 59.2 Å². The predicted octanol–water partition coefficient (Wildman–Crippen LogP) is 7.13. The maximum absolute atomic E-state index is 14.5. The van der Waals surface area contributed by atoms with Gasteiger partial charge in [-0.2, -0.15) is 0 Å². The molecule has 0 saturated carbocycles. The molecule has 0 unspecified atom stereocenters. The second-order valence-corrected chi connectivity index (χ2v) is 15.1. The van der Waals surface area contributed by atoms with E-state index in [1.54, 1.807) is 9.36 Å². The maximum Gasteiger partial charge on any atom is 0.344 e. The fraction of sp³-hybridized carbons (Fsp3) is 0.444. The molecule has 6 rings (SSSR count). The number of benzene rings is 2. The zero-order valence-corrected chi connectivity index (χ0v) is 32.7. The highest BCUT2D eigenvalue weighted by molar-refractivity contribution is 8.00. The predicted molar refractivity (Wildman–Crippen MR) is 201 cm³/mol. The van der Waals surface area contributed by atoms with Gasteiger partial charge in [-0.3, -0.25) is 23.9 Å². The summed E-state index contributed by atoms with van der Waals surface area (Å²) < 4.78 is 47.2. The summed E-state index contributed by atoms with van der Waals surface area (Å²) in [6.07, 6.45) is 7.29. The van der Waals surface area contributed by atoms with E-state index in [-0.39, 0.29) is 37.8 Å². The van der Waals surface area contributed by atoms with Gasteiger partial charge in [-0.15, -0.1) is 11.8 Å². The number of thioether (sulfide) groups is 1. The number of anilines is 1. The Kier molecular flexibility index (Phi) is 14.5. The summed E-state index contributed by atoms with van der Waals surface area (Å²) in [6, 6.07) is 4.79. The zero-order chi connectivity index (χ0) is 38.9. The summed E-state index contributed by atoms with van der Waals surface area (Å²) >= 11 is 14.2. The second kappa shape index (κ2) is 19.0. The van der Waals surface area contributed by atoms with E-state index in [1.165, 1.54) is 19.2 Å². The standard InChI is InChI=1S/C21H23ClFNO5.C15H15ClFN3O3S2/c1-2-3-6-9-28-19(25)12-29-18-11-17(16(23)10-15(18)22)24-20(26)13-7-4-5-8-14(13)21(24)27;1-23-13(21)8-24-12-7-11(10(17)6-9(12)16)18-14-19-4-2-3-5-20(19)15(22)25-14/h10-11H,2-9,12H2,1H3;6-7H,2-5,8H2,1H3. The van der Waals surface area contributed by atoms with Gasteiger partial charge in [0.1, 0.15) is 23.1 Å². The van der Waals surface area contributed by atoms with Gasteiger partial charge in [0.05, 0.1) is 35.2 Å². The first-order valence-corrected chi connectivity index (χ1v) is 19.9. The van der Waals surface area contributed by atoms with Crippen molar-refractivity contribution in [1.82, 2.24) is 9.36 Å². The first kappa shape index (κ1) is 41.2. The molecule has 0 fully saturated rings. The third kappa shape index (κ3) is 9.81. The van der Waals surface area contributed by atoms with Gasteiger partial charge in [-0.25, -0.2) is 28.1 Å². The van der Waals surface area contributed by atoms with Crippen LogP contribution in [0.5, 0.6) is 5.75 Å². The minimum absolute atomic E-state index is 0.000883. The van der Waals surface area contributed by atoms with Crippen LogP contribution in [0.2, 0.25) is 10.0 Å². The van der Waals surface area contributed by atoms with Gasteiger partial charge in [-0.1, -0.05) is 43.0 Å². The molecule has 1 aliphatic carbocycles. The quantitative estimate of drug-likeness (QED) is 0.0808. The Morgan fingerprint density at radius 1 is 0.889 bits per heavy atom. The monoisotopic (exact) mass is 826 g/mol. The Hall–Kier alpha value is -3.99. The summed E-state index contributed by atoms with van der Waals surface area (Å²) in [7, 11) is 1.30. The molecule has 1 aromatic heterocycles. The van der Waals surface area contributed by atoms with E-state index in [4.69, 9.17) is 32.7 Å². The Bertz CT molecular complexity index is 2070. The summed E-state index contributed by atoms with van der Waals surface area (Å²) in [6.45, 7) is 3.26. The molecule has 0 radical (unpaired) electrons. The molecule has 2 aliphatic heterocycles. The molecule has 0 spiro atoms. The van der Waals surface area contributed by atoms with Crippen molar-refractivity contribution in [3.05, 3.63) is 71.6 Å². The average molecular weight is 828 g/mol. The van der Waals surface area contributed by atoms with E-state index in [1.807, 2.05) is 6.92 Å². The SMILES string of the molecule is CCCCCOC(=O)COc1cc(N2C(=O)C3=C(CCCC3)C2=O)c(F)cc1Cl.COC(=O)CSc1cc(N=c2sc(=O)n3n2CCCC3)c(F)cc1Cl. The van der Waals surface area contributed by atoms with Crippen molar-refractivity contribution in [3.8, 4) is 5.75 Å². The van der Waals surface area contributed by atoms with Crippen LogP contribution in [0.1, 0.15) is 64.7 Å². The number of hydrogen-bond donors (Lipinski definition) is 0. The van der Waals surface area contributed by atoms with Crippen LogP contribution in [0.4, 0.5) is 20.2 Å². The highest BCUT2D eigenvalue weighted by Gasteiger charge is 2.41. The second-order valence-electron chi connectivity index (χ2n) is 12.4. The zero-order valence-electron chi connectivity index (χ0n) is 29.6. The van der Waals surface area contributed by atoms with Crippen molar-refractivity contribution in [1.29, 1.82) is 0 Å². The van der Waals surface area contributed by atoms with Crippen molar-refractivity contribution >= 4 is 81.4 Å². The Labute approximate surface area is 327 Å². The number of aromatic nitrogens is 2.